The van der Waals surface area contributed by atoms with Crippen LogP contribution in [0.3, 0.4) is 0 Å². The maximum absolute atomic E-state index is 11.4. The summed E-state index contributed by atoms with van der Waals surface area (Å²) in [5, 5.41) is 3.47. The van der Waals surface area contributed by atoms with Crippen molar-refractivity contribution < 1.29 is 9.53 Å². The molecule has 0 amide bonds. The van der Waals surface area contributed by atoms with Crippen LogP contribution >= 0.6 is 0 Å². The van der Waals surface area contributed by atoms with E-state index in [0.29, 0.717) is 6.54 Å². The predicted molar refractivity (Wildman–Crippen MR) is 62.3 cm³/mol. The van der Waals surface area contributed by atoms with Crippen LogP contribution in [0.25, 0.3) is 0 Å². The van der Waals surface area contributed by atoms with Crippen molar-refractivity contribution in [1.29, 1.82) is 0 Å². The van der Waals surface area contributed by atoms with Gasteiger partial charge in [0.05, 0.1) is 13.7 Å². The molecule has 0 aromatic rings. The van der Waals surface area contributed by atoms with Gasteiger partial charge in [0.2, 0.25) is 0 Å². The molecule has 4 heteroatoms. The summed E-state index contributed by atoms with van der Waals surface area (Å²) in [6.45, 7) is 3.44. The SMILES string of the molecule is COC(=O)CN1CCNCC12CCCCC2. The number of nitrogens with one attached hydrogen (secondary N) is 1. The Labute approximate surface area is 97.3 Å². The van der Waals surface area contributed by atoms with E-state index in [9.17, 15) is 4.79 Å². The minimum Gasteiger partial charge on any atom is -0.468 e. The van der Waals surface area contributed by atoms with Crippen molar-refractivity contribution in [3.8, 4) is 0 Å². The van der Waals surface area contributed by atoms with Gasteiger partial charge in [-0.1, -0.05) is 19.3 Å². The van der Waals surface area contributed by atoms with Gasteiger partial charge in [-0.3, -0.25) is 9.69 Å². The summed E-state index contributed by atoms with van der Waals surface area (Å²) in [7, 11) is 1.47. The lowest BCUT2D eigenvalue weighted by Crippen LogP contribution is -2.62. The molecule has 0 bridgehead atoms. The lowest BCUT2D eigenvalue weighted by molar-refractivity contribution is -0.144. The van der Waals surface area contributed by atoms with Crippen LogP contribution in [0.15, 0.2) is 0 Å². The molecule has 16 heavy (non-hydrogen) atoms. The number of rotatable bonds is 2. The third-order valence-electron chi connectivity index (χ3n) is 4.02. The molecule has 1 saturated carbocycles. The molecule has 1 aliphatic carbocycles. The summed E-state index contributed by atoms with van der Waals surface area (Å²) in [5.74, 6) is -0.105. The monoisotopic (exact) mass is 226 g/mol. The zero-order valence-electron chi connectivity index (χ0n) is 10.1. The van der Waals surface area contributed by atoms with Crippen LogP contribution in [0.1, 0.15) is 32.1 Å². The summed E-state index contributed by atoms with van der Waals surface area (Å²) in [5.41, 5.74) is 0.227. The molecule has 0 aromatic heterocycles. The van der Waals surface area contributed by atoms with Gasteiger partial charge in [-0.2, -0.15) is 0 Å². The van der Waals surface area contributed by atoms with Gasteiger partial charge >= 0.3 is 5.97 Å². The topological polar surface area (TPSA) is 41.6 Å². The molecule has 0 unspecified atom stereocenters. The maximum atomic E-state index is 11.4. The maximum Gasteiger partial charge on any atom is 0.319 e. The fourth-order valence-corrected chi connectivity index (χ4v) is 3.05. The summed E-state index contributed by atoms with van der Waals surface area (Å²) in [4.78, 5) is 13.8. The van der Waals surface area contributed by atoms with Gasteiger partial charge in [-0.05, 0) is 12.8 Å². The van der Waals surface area contributed by atoms with E-state index in [4.69, 9.17) is 4.74 Å². The Morgan fingerprint density at radius 2 is 2.12 bits per heavy atom. The first-order chi connectivity index (χ1) is 7.77. The molecule has 0 atom stereocenters. The van der Waals surface area contributed by atoms with E-state index in [1.807, 2.05) is 0 Å². The van der Waals surface area contributed by atoms with Gasteiger partial charge in [0.15, 0.2) is 0 Å². The molecule has 1 spiro atoms. The van der Waals surface area contributed by atoms with Gasteiger partial charge in [-0.15, -0.1) is 0 Å². The summed E-state index contributed by atoms with van der Waals surface area (Å²) >= 11 is 0. The first kappa shape index (κ1) is 11.9. The van der Waals surface area contributed by atoms with Gasteiger partial charge in [-0.25, -0.2) is 0 Å². The van der Waals surface area contributed by atoms with Crippen LogP contribution in [0.2, 0.25) is 0 Å². The summed E-state index contributed by atoms with van der Waals surface area (Å²) < 4.78 is 4.79. The average molecular weight is 226 g/mol. The number of ether oxygens (including phenoxy) is 1. The number of esters is 1. The first-order valence-corrected chi connectivity index (χ1v) is 6.29. The standard InChI is InChI=1S/C12H22N2O2/c1-16-11(15)9-14-8-7-13-10-12(14)5-3-2-4-6-12/h13H,2-10H2,1H3. The van der Waals surface area contributed by atoms with Crippen LogP contribution in [0.5, 0.6) is 0 Å². The first-order valence-electron chi connectivity index (χ1n) is 6.29. The number of hydrogen-bond donors (Lipinski definition) is 1. The van der Waals surface area contributed by atoms with Crippen molar-refractivity contribution in [2.75, 3.05) is 33.3 Å². The third-order valence-corrected chi connectivity index (χ3v) is 4.02. The second-order valence-electron chi connectivity index (χ2n) is 4.96. The van der Waals surface area contributed by atoms with Gasteiger partial charge < -0.3 is 10.1 Å². The molecule has 2 rings (SSSR count). The lowest BCUT2D eigenvalue weighted by Gasteiger charge is -2.49. The fourth-order valence-electron chi connectivity index (χ4n) is 3.05. The Hall–Kier alpha value is -0.610. The molecule has 1 heterocycles. The lowest BCUT2D eigenvalue weighted by atomic mass is 9.79. The smallest absolute Gasteiger partial charge is 0.319 e. The van der Waals surface area contributed by atoms with Crippen molar-refractivity contribution in [3.63, 3.8) is 0 Å². The van der Waals surface area contributed by atoms with E-state index < -0.39 is 0 Å². The van der Waals surface area contributed by atoms with Crippen molar-refractivity contribution in [2.24, 2.45) is 0 Å². The number of carbonyl (C=O) groups excluding carboxylic acids is 1. The Balaban J connectivity index is 2.03. The fraction of sp³-hybridized carbons (Fsp3) is 0.917. The van der Waals surface area contributed by atoms with Crippen LogP contribution in [-0.2, 0) is 9.53 Å². The van der Waals surface area contributed by atoms with Crippen molar-refractivity contribution in [3.05, 3.63) is 0 Å². The molecule has 92 valence electrons. The van der Waals surface area contributed by atoms with E-state index in [1.54, 1.807) is 0 Å². The van der Waals surface area contributed by atoms with Crippen molar-refractivity contribution in [1.82, 2.24) is 10.2 Å². The number of piperazine rings is 1. The molecule has 2 fully saturated rings. The molecule has 1 aliphatic heterocycles. The Kier molecular flexibility index (Phi) is 3.82. The third kappa shape index (κ3) is 2.38. The Morgan fingerprint density at radius 1 is 1.38 bits per heavy atom. The second-order valence-corrected chi connectivity index (χ2v) is 4.96. The van der Waals surface area contributed by atoms with Crippen LogP contribution in [0.4, 0.5) is 0 Å². The molecular weight excluding hydrogens is 204 g/mol. The predicted octanol–water partition coefficient (Wildman–Crippen LogP) is 0.767. The highest BCUT2D eigenvalue weighted by molar-refractivity contribution is 5.71. The van der Waals surface area contributed by atoms with E-state index in [-0.39, 0.29) is 11.5 Å². The zero-order chi connectivity index (χ0) is 11.4. The van der Waals surface area contributed by atoms with Crippen LogP contribution in [0, 0.1) is 0 Å². The van der Waals surface area contributed by atoms with Crippen molar-refractivity contribution in [2.45, 2.75) is 37.6 Å². The minimum absolute atomic E-state index is 0.105. The largest absolute Gasteiger partial charge is 0.468 e. The number of methoxy groups -OCH3 is 1. The number of nitrogens with zero attached hydrogens (tertiary/aromatic N) is 1. The quantitative estimate of drug-likeness (QED) is 0.706. The number of carbonyl (C=O) groups is 1. The Bertz CT molecular complexity index is 241. The van der Waals surface area contributed by atoms with Gasteiger partial charge in [0.25, 0.3) is 0 Å². The normalized spacial score (nSPS) is 25.6. The second kappa shape index (κ2) is 5.15. The molecule has 4 nitrogen and oxygen atoms in total. The van der Waals surface area contributed by atoms with E-state index >= 15 is 0 Å². The van der Waals surface area contributed by atoms with Gasteiger partial charge in [0.1, 0.15) is 0 Å². The molecule has 0 aromatic carbocycles. The molecule has 0 radical (unpaired) electrons. The molecule has 2 aliphatic rings. The molecule has 1 saturated heterocycles. The van der Waals surface area contributed by atoms with Gasteiger partial charge in [0, 0.05) is 25.2 Å². The van der Waals surface area contributed by atoms with E-state index in [1.165, 1.54) is 39.2 Å². The van der Waals surface area contributed by atoms with E-state index in [2.05, 4.69) is 10.2 Å². The van der Waals surface area contributed by atoms with E-state index in [0.717, 1.165) is 19.6 Å². The number of hydrogen-bond acceptors (Lipinski definition) is 4. The average Bonchev–Trinajstić information content (AvgIpc) is 2.33. The summed E-state index contributed by atoms with van der Waals surface area (Å²) in [6, 6.07) is 0. The van der Waals surface area contributed by atoms with Crippen molar-refractivity contribution >= 4 is 5.97 Å². The highest BCUT2D eigenvalue weighted by Crippen LogP contribution is 2.34. The molecule has 1 N–H and O–H groups in total. The zero-order valence-corrected chi connectivity index (χ0v) is 10.1. The van der Waals surface area contributed by atoms with Crippen LogP contribution < -0.4 is 5.32 Å². The van der Waals surface area contributed by atoms with Crippen LogP contribution in [-0.4, -0.2) is 49.7 Å². The highest BCUT2D eigenvalue weighted by atomic mass is 16.5. The minimum atomic E-state index is -0.105. The highest BCUT2D eigenvalue weighted by Gasteiger charge is 2.40. The molecular formula is C12H22N2O2. The summed E-state index contributed by atoms with van der Waals surface area (Å²) in [6.07, 6.45) is 6.36. The Morgan fingerprint density at radius 3 is 2.81 bits per heavy atom.